The Balaban J connectivity index is 0.00000433. The molecule has 3 aliphatic heterocycles. The number of fused-ring (bicyclic) bond motifs is 10. The van der Waals surface area contributed by atoms with Crippen molar-refractivity contribution in [2.24, 2.45) is 0 Å². The van der Waals surface area contributed by atoms with Crippen LogP contribution in [0.5, 0.6) is 34.5 Å². The van der Waals surface area contributed by atoms with Crippen LogP contribution in [-0.2, 0) is 26.5 Å². The number of hydrogen-bond acceptors (Lipinski definition) is 4. The maximum atomic E-state index is 6.99. The molecule has 0 saturated heterocycles. The molecule has 0 saturated carbocycles. The quantitative estimate of drug-likeness (QED) is 0.101. The number of imidazole rings is 1. The summed E-state index contributed by atoms with van der Waals surface area (Å²) in [7, 11) is -2.13. The third kappa shape index (κ3) is 5.56. The number of para-hydroxylation sites is 4. The van der Waals surface area contributed by atoms with E-state index < -0.39 is 8.07 Å². The number of benzene rings is 7. The van der Waals surface area contributed by atoms with Gasteiger partial charge in [-0.1, -0.05) is 123 Å². The van der Waals surface area contributed by atoms with Crippen molar-refractivity contribution in [2.75, 3.05) is 0 Å². The van der Waals surface area contributed by atoms with Gasteiger partial charge in [0, 0.05) is 63.9 Å². The Morgan fingerprint density at radius 2 is 1.44 bits per heavy atom. The van der Waals surface area contributed by atoms with Gasteiger partial charge in [0.05, 0.1) is 16.7 Å². The van der Waals surface area contributed by atoms with Gasteiger partial charge in [-0.25, -0.2) is 4.98 Å². The number of ether oxygens (including phenoxy) is 3. The second-order valence-electron chi connectivity index (χ2n) is 18.4. The summed E-state index contributed by atoms with van der Waals surface area (Å²) >= 11 is 0. The molecule has 10 heteroatoms. The predicted molar refractivity (Wildman–Crippen MR) is 253 cm³/mol. The molecule has 0 N–H and O–H groups in total. The Bertz CT molecular complexity index is 3580. The monoisotopic (exact) mass is 1030 g/mol. The summed E-state index contributed by atoms with van der Waals surface area (Å²) in [5.74, 6) is 5.18. The van der Waals surface area contributed by atoms with E-state index in [1.165, 1.54) is 21.5 Å². The number of pyridine rings is 1. The van der Waals surface area contributed by atoms with Gasteiger partial charge < -0.3 is 23.3 Å². The van der Waals surface area contributed by atoms with Gasteiger partial charge in [-0.05, 0) is 69.4 Å². The average molecular weight is 1030 g/mol. The third-order valence-corrected chi connectivity index (χ3v) is 16.8. The molecule has 7 nitrogen and oxygen atoms in total. The van der Waals surface area contributed by atoms with Gasteiger partial charge in [-0.2, -0.15) is 12.1 Å². The van der Waals surface area contributed by atoms with E-state index in [4.69, 9.17) is 19.2 Å². The molecular formula is C54H39BN4O3PtSi-2. The standard InChI is InChI=1S/C54H39BN4O3Si.Pt/c1-54(2,3)33-26-27-56-49(28-33)59-41-29-35(60-36-23-25-47-42(30-36)58-32-57(34-14-7-6-8-15-34)40-18-13-21-48(52(40)58)63(47,4)5)22-24-37(41)50-43(59)31-46-51-53(50)62-45-20-12-10-17-39(45)55(51)38-16-9-11-19-44(38)61-46;/h6-28,31H,1-5H3;/q-2;. The first-order valence-corrected chi connectivity index (χ1v) is 24.5. The van der Waals surface area contributed by atoms with Crippen LogP contribution in [0.2, 0.25) is 13.1 Å². The molecule has 6 heterocycles. The molecule has 0 fully saturated rings. The minimum atomic E-state index is -2.13. The molecule has 3 aliphatic rings. The Kier molecular flexibility index (Phi) is 8.47. The summed E-state index contributed by atoms with van der Waals surface area (Å²) in [4.78, 5) is 5.01. The van der Waals surface area contributed by atoms with E-state index in [0.717, 1.165) is 83.9 Å². The fraction of sp³-hybridized carbons (Fsp3) is 0.111. The maximum absolute atomic E-state index is 6.99. The zero-order valence-electron chi connectivity index (χ0n) is 35.8. The predicted octanol–water partition coefficient (Wildman–Crippen LogP) is 8.75. The minimum absolute atomic E-state index is 0. The fourth-order valence-corrected chi connectivity index (χ4v) is 13.1. The van der Waals surface area contributed by atoms with Crippen molar-refractivity contribution < 1.29 is 39.8 Å². The normalized spacial score (nSPS) is 13.9. The Morgan fingerprint density at radius 3 is 2.22 bits per heavy atom. The Labute approximate surface area is 386 Å². The molecule has 0 radical (unpaired) electrons. The summed E-state index contributed by atoms with van der Waals surface area (Å²) in [6.07, 6.45) is 5.59. The van der Waals surface area contributed by atoms with Crippen LogP contribution in [0.1, 0.15) is 26.3 Å². The zero-order chi connectivity index (χ0) is 42.4. The van der Waals surface area contributed by atoms with Crippen molar-refractivity contribution in [3.05, 3.63) is 170 Å². The SMILES string of the molecule is CC(C)(C)c1ccnc(-n2c3[c-]c(Oc4[c-]c5c(cc4)[Si](C)(C)c4cccc6c4n-5[c-][n+]6-c4ccccc4)ccc3c3c4c5c(cc32)Oc2ccccc2B5c2ccccc2O4)c1.[Pt]. The first kappa shape index (κ1) is 39.0. The summed E-state index contributed by atoms with van der Waals surface area (Å²) in [5.41, 5.74) is 10.4. The topological polar surface area (TPSA) is 54.3 Å². The molecule has 64 heavy (non-hydrogen) atoms. The van der Waals surface area contributed by atoms with Gasteiger partial charge in [-0.3, -0.25) is 4.57 Å². The Morgan fingerprint density at radius 1 is 0.719 bits per heavy atom. The average Bonchev–Trinajstić information content (AvgIpc) is 3.85. The van der Waals surface area contributed by atoms with Crippen LogP contribution in [-0.4, -0.2) is 28.9 Å². The maximum Gasteiger partial charge on any atom is 0.268 e. The Hall–Kier alpha value is -6.67. The van der Waals surface area contributed by atoms with Crippen LogP contribution < -0.4 is 45.5 Å². The van der Waals surface area contributed by atoms with E-state index >= 15 is 0 Å². The number of hydrogen-bond donors (Lipinski definition) is 0. The van der Waals surface area contributed by atoms with Crippen molar-refractivity contribution in [3.8, 4) is 51.7 Å². The molecular weight excluding hydrogens is 987 g/mol. The van der Waals surface area contributed by atoms with E-state index in [9.17, 15) is 0 Å². The molecule has 10 aromatic rings. The summed E-state index contributed by atoms with van der Waals surface area (Å²) in [5, 5.41) is 4.62. The zero-order valence-corrected chi connectivity index (χ0v) is 39.0. The molecule has 13 rings (SSSR count). The first-order valence-electron chi connectivity index (χ1n) is 21.5. The van der Waals surface area contributed by atoms with Gasteiger partial charge >= 0.3 is 0 Å². The first-order chi connectivity index (χ1) is 30.6. The molecule has 0 bridgehead atoms. The van der Waals surface area contributed by atoms with E-state index in [0.29, 0.717) is 11.5 Å². The van der Waals surface area contributed by atoms with E-state index in [-0.39, 0.29) is 33.2 Å². The van der Waals surface area contributed by atoms with Crippen LogP contribution >= 0.6 is 0 Å². The van der Waals surface area contributed by atoms with E-state index in [2.05, 4.69) is 175 Å². The van der Waals surface area contributed by atoms with Gasteiger partial charge in [0.2, 0.25) is 0 Å². The molecule has 0 aliphatic carbocycles. The largest absolute Gasteiger partial charge is 0.510 e. The van der Waals surface area contributed by atoms with Crippen molar-refractivity contribution in [2.45, 2.75) is 39.3 Å². The number of nitrogens with zero attached hydrogens (tertiary/aromatic N) is 4. The molecule has 0 spiro atoms. The molecule has 3 aromatic heterocycles. The van der Waals surface area contributed by atoms with Crippen LogP contribution in [0.15, 0.2) is 146 Å². The smallest absolute Gasteiger partial charge is 0.268 e. The second-order valence-corrected chi connectivity index (χ2v) is 22.7. The van der Waals surface area contributed by atoms with Gasteiger partial charge in [0.1, 0.15) is 28.8 Å². The summed E-state index contributed by atoms with van der Waals surface area (Å²) in [6.45, 7) is 11.5. The number of aromatic nitrogens is 4. The molecule has 0 amide bonds. The number of rotatable bonds is 4. The van der Waals surface area contributed by atoms with Crippen molar-refractivity contribution in [1.29, 1.82) is 0 Å². The van der Waals surface area contributed by atoms with Crippen LogP contribution in [0.25, 0.3) is 50.0 Å². The molecule has 0 unspecified atom stereocenters. The van der Waals surface area contributed by atoms with Crippen LogP contribution in [0, 0.1) is 18.5 Å². The minimum Gasteiger partial charge on any atom is -0.510 e. The van der Waals surface area contributed by atoms with Gasteiger partial charge in [0.15, 0.2) is 0 Å². The second kappa shape index (κ2) is 13.9. The van der Waals surface area contributed by atoms with E-state index in [1.54, 1.807) is 0 Å². The summed E-state index contributed by atoms with van der Waals surface area (Å²) in [6, 6.07) is 56.0. The van der Waals surface area contributed by atoms with Crippen LogP contribution in [0.3, 0.4) is 0 Å². The molecule has 312 valence electrons. The van der Waals surface area contributed by atoms with Crippen molar-refractivity contribution >= 4 is 74.4 Å². The van der Waals surface area contributed by atoms with Crippen LogP contribution in [0.4, 0.5) is 0 Å². The van der Waals surface area contributed by atoms with E-state index in [1.807, 2.05) is 36.5 Å². The fourth-order valence-electron chi connectivity index (χ4n) is 10.2. The van der Waals surface area contributed by atoms with Gasteiger partial charge in [0.25, 0.3) is 13.0 Å². The van der Waals surface area contributed by atoms with Crippen molar-refractivity contribution in [3.63, 3.8) is 0 Å². The molecule has 7 aromatic carbocycles. The van der Waals surface area contributed by atoms with Crippen molar-refractivity contribution in [1.82, 2.24) is 14.1 Å². The summed E-state index contributed by atoms with van der Waals surface area (Å²) < 4.78 is 27.1. The van der Waals surface area contributed by atoms with Gasteiger partial charge in [-0.15, -0.1) is 29.5 Å². The third-order valence-electron chi connectivity index (χ3n) is 13.3. The molecule has 0 atom stereocenters.